The molecule has 132 valence electrons. The summed E-state index contributed by atoms with van der Waals surface area (Å²) in [7, 11) is 1.86. The molecule has 6 heteroatoms. The van der Waals surface area contributed by atoms with Crippen molar-refractivity contribution >= 4 is 5.91 Å². The van der Waals surface area contributed by atoms with Crippen molar-refractivity contribution in [3.05, 3.63) is 36.3 Å². The van der Waals surface area contributed by atoms with Crippen molar-refractivity contribution in [1.82, 2.24) is 19.7 Å². The second-order valence-electron chi connectivity index (χ2n) is 7.12. The van der Waals surface area contributed by atoms with Crippen molar-refractivity contribution in [2.75, 3.05) is 19.7 Å². The molecule has 1 aliphatic heterocycles. The molecule has 0 radical (unpaired) electrons. The van der Waals surface area contributed by atoms with Crippen molar-refractivity contribution in [3.8, 4) is 11.3 Å². The van der Waals surface area contributed by atoms with Crippen molar-refractivity contribution in [2.24, 2.45) is 7.05 Å². The van der Waals surface area contributed by atoms with Crippen molar-refractivity contribution < 1.29 is 9.53 Å². The summed E-state index contributed by atoms with van der Waals surface area (Å²) in [6, 6.07) is 3.69. The molecule has 25 heavy (non-hydrogen) atoms. The van der Waals surface area contributed by atoms with Gasteiger partial charge in [0.2, 0.25) is 0 Å². The van der Waals surface area contributed by atoms with Gasteiger partial charge in [0.15, 0.2) is 0 Å². The summed E-state index contributed by atoms with van der Waals surface area (Å²) in [6.45, 7) is 1.95. The fraction of sp³-hybridized carbons (Fsp3) is 0.526. The number of rotatable bonds is 2. The molecule has 0 bridgehead atoms. The van der Waals surface area contributed by atoms with Gasteiger partial charge < -0.3 is 9.64 Å². The lowest BCUT2D eigenvalue weighted by molar-refractivity contribution is -0.117. The monoisotopic (exact) mass is 340 g/mol. The van der Waals surface area contributed by atoms with Crippen LogP contribution in [0.1, 0.15) is 42.5 Å². The molecular formula is C19H24N4O2. The molecular weight excluding hydrogens is 316 g/mol. The third kappa shape index (κ3) is 3.18. The molecule has 0 aromatic carbocycles. The van der Waals surface area contributed by atoms with Gasteiger partial charge in [-0.25, -0.2) is 0 Å². The average molecular weight is 340 g/mol. The van der Waals surface area contributed by atoms with E-state index in [0.29, 0.717) is 31.0 Å². The molecule has 1 amide bonds. The van der Waals surface area contributed by atoms with E-state index in [-0.39, 0.29) is 11.5 Å². The number of pyridine rings is 1. The second kappa shape index (κ2) is 6.59. The van der Waals surface area contributed by atoms with Gasteiger partial charge in [-0.1, -0.05) is 19.3 Å². The first-order valence-electron chi connectivity index (χ1n) is 9.04. The lowest BCUT2D eigenvalue weighted by Gasteiger charge is -2.45. The Morgan fingerprint density at radius 1 is 1.28 bits per heavy atom. The maximum Gasteiger partial charge on any atom is 0.256 e. The number of carbonyl (C=O) groups excluding carboxylic acids is 1. The Kier molecular flexibility index (Phi) is 4.29. The highest BCUT2D eigenvalue weighted by atomic mass is 16.5. The smallest absolute Gasteiger partial charge is 0.256 e. The zero-order valence-corrected chi connectivity index (χ0v) is 14.6. The first-order chi connectivity index (χ1) is 12.2. The van der Waals surface area contributed by atoms with Gasteiger partial charge in [0.05, 0.1) is 36.2 Å². The summed E-state index contributed by atoms with van der Waals surface area (Å²) in [5, 5.41) is 4.21. The topological polar surface area (TPSA) is 60.2 Å². The zero-order valence-electron chi connectivity index (χ0n) is 14.6. The van der Waals surface area contributed by atoms with Crippen LogP contribution in [-0.4, -0.2) is 50.9 Å². The van der Waals surface area contributed by atoms with Crippen LogP contribution in [0.15, 0.2) is 30.7 Å². The minimum atomic E-state index is -0.136. The number of hydrogen-bond acceptors (Lipinski definition) is 4. The van der Waals surface area contributed by atoms with Gasteiger partial charge in [0.1, 0.15) is 0 Å². The van der Waals surface area contributed by atoms with E-state index in [2.05, 4.69) is 10.1 Å². The molecule has 2 aromatic heterocycles. The SMILES string of the molecule is Cn1cc(-c2ncccc2C(=O)N2CCOC3(CCCCC3)C2)cn1. The van der Waals surface area contributed by atoms with Crippen LogP contribution in [0.2, 0.25) is 0 Å². The van der Waals surface area contributed by atoms with E-state index >= 15 is 0 Å². The predicted molar refractivity (Wildman–Crippen MR) is 94.1 cm³/mol. The summed E-state index contributed by atoms with van der Waals surface area (Å²) in [6.07, 6.45) is 11.1. The number of hydrogen-bond donors (Lipinski definition) is 0. The quantitative estimate of drug-likeness (QED) is 0.843. The van der Waals surface area contributed by atoms with E-state index in [1.54, 1.807) is 17.1 Å². The van der Waals surface area contributed by atoms with Crippen LogP contribution in [-0.2, 0) is 11.8 Å². The molecule has 2 fully saturated rings. The lowest BCUT2D eigenvalue weighted by Crippen LogP contribution is -2.54. The minimum Gasteiger partial charge on any atom is -0.371 e. The number of morpholine rings is 1. The van der Waals surface area contributed by atoms with Gasteiger partial charge in [-0.05, 0) is 25.0 Å². The van der Waals surface area contributed by atoms with Crippen LogP contribution in [0.4, 0.5) is 0 Å². The van der Waals surface area contributed by atoms with Crippen LogP contribution in [0, 0.1) is 0 Å². The maximum absolute atomic E-state index is 13.2. The van der Waals surface area contributed by atoms with E-state index in [1.807, 2.05) is 30.3 Å². The van der Waals surface area contributed by atoms with E-state index < -0.39 is 0 Å². The third-order valence-corrected chi connectivity index (χ3v) is 5.32. The van der Waals surface area contributed by atoms with E-state index in [9.17, 15) is 4.79 Å². The summed E-state index contributed by atoms with van der Waals surface area (Å²) >= 11 is 0. The van der Waals surface area contributed by atoms with E-state index in [1.165, 1.54) is 19.3 Å². The molecule has 2 aliphatic rings. The molecule has 6 nitrogen and oxygen atoms in total. The zero-order chi connectivity index (χ0) is 17.3. The number of nitrogens with zero attached hydrogens (tertiary/aromatic N) is 4. The van der Waals surface area contributed by atoms with Gasteiger partial charge in [0.25, 0.3) is 5.91 Å². The molecule has 0 unspecified atom stereocenters. The summed E-state index contributed by atoms with van der Waals surface area (Å²) < 4.78 is 7.84. The van der Waals surface area contributed by atoms with Crippen molar-refractivity contribution in [2.45, 2.75) is 37.7 Å². The molecule has 1 saturated heterocycles. The molecule has 4 rings (SSSR count). The Bertz CT molecular complexity index is 759. The average Bonchev–Trinajstić information content (AvgIpc) is 3.08. The highest BCUT2D eigenvalue weighted by Gasteiger charge is 2.39. The van der Waals surface area contributed by atoms with Gasteiger partial charge in [-0.3, -0.25) is 14.5 Å². The molecule has 1 spiro atoms. The van der Waals surface area contributed by atoms with Gasteiger partial charge in [0, 0.05) is 31.5 Å². The summed E-state index contributed by atoms with van der Waals surface area (Å²) in [4.78, 5) is 19.6. The number of amides is 1. The molecule has 1 saturated carbocycles. The minimum absolute atomic E-state index is 0.0419. The third-order valence-electron chi connectivity index (χ3n) is 5.32. The maximum atomic E-state index is 13.2. The summed E-state index contributed by atoms with van der Waals surface area (Å²) in [5.74, 6) is 0.0419. The summed E-state index contributed by atoms with van der Waals surface area (Å²) in [5.41, 5.74) is 2.07. The second-order valence-corrected chi connectivity index (χ2v) is 7.12. The largest absolute Gasteiger partial charge is 0.371 e. The van der Waals surface area contributed by atoms with Crippen LogP contribution in [0.3, 0.4) is 0 Å². The van der Waals surface area contributed by atoms with Crippen LogP contribution < -0.4 is 0 Å². The lowest BCUT2D eigenvalue weighted by atomic mass is 9.83. The fourth-order valence-corrected chi connectivity index (χ4v) is 4.04. The van der Waals surface area contributed by atoms with Gasteiger partial charge in [-0.15, -0.1) is 0 Å². The first kappa shape index (κ1) is 16.3. The number of aryl methyl sites for hydroxylation is 1. The molecule has 1 aliphatic carbocycles. The van der Waals surface area contributed by atoms with Gasteiger partial charge in [-0.2, -0.15) is 5.10 Å². The standard InChI is InChI=1S/C19H24N4O2/c1-22-13-15(12-21-22)17-16(6-5-9-20-17)18(24)23-10-11-25-19(14-23)7-3-2-4-8-19/h5-6,9,12-13H,2-4,7-8,10-11,14H2,1H3. The Hall–Kier alpha value is -2.21. The molecule has 2 aromatic rings. The Balaban J connectivity index is 1.61. The van der Waals surface area contributed by atoms with E-state index in [4.69, 9.17) is 4.74 Å². The Morgan fingerprint density at radius 2 is 2.12 bits per heavy atom. The highest BCUT2D eigenvalue weighted by molar-refractivity contribution is 5.99. The van der Waals surface area contributed by atoms with Crippen LogP contribution in [0.25, 0.3) is 11.3 Å². The molecule has 0 atom stereocenters. The van der Waals surface area contributed by atoms with E-state index in [0.717, 1.165) is 18.4 Å². The van der Waals surface area contributed by atoms with Gasteiger partial charge >= 0.3 is 0 Å². The predicted octanol–water partition coefficient (Wildman–Crippen LogP) is 2.66. The fourth-order valence-electron chi connectivity index (χ4n) is 4.04. The van der Waals surface area contributed by atoms with Crippen LogP contribution >= 0.6 is 0 Å². The number of aromatic nitrogens is 3. The molecule has 3 heterocycles. The van der Waals surface area contributed by atoms with Crippen molar-refractivity contribution in [1.29, 1.82) is 0 Å². The Labute approximate surface area is 147 Å². The normalized spacial score (nSPS) is 20.0. The number of ether oxygens (including phenoxy) is 1. The molecule has 0 N–H and O–H groups in total. The first-order valence-corrected chi connectivity index (χ1v) is 9.04. The number of carbonyl (C=O) groups is 1. The van der Waals surface area contributed by atoms with Crippen molar-refractivity contribution in [3.63, 3.8) is 0 Å². The Morgan fingerprint density at radius 3 is 2.88 bits per heavy atom. The van der Waals surface area contributed by atoms with Crippen LogP contribution in [0.5, 0.6) is 0 Å². The highest BCUT2D eigenvalue weighted by Crippen LogP contribution is 2.35.